The Morgan fingerprint density at radius 3 is 3.11 bits per heavy atom. The van der Waals surface area contributed by atoms with Gasteiger partial charge in [-0.05, 0) is 18.2 Å². The Balaban J connectivity index is 1.86. The molecule has 0 atom stereocenters. The monoisotopic (exact) mass is 245 g/mol. The lowest BCUT2D eigenvalue weighted by Gasteiger charge is -2.00. The zero-order chi connectivity index (χ0) is 13.0. The van der Waals surface area contributed by atoms with Crippen LogP contribution in [-0.2, 0) is 7.05 Å². The van der Waals surface area contributed by atoms with Crippen molar-refractivity contribution in [3.8, 4) is 0 Å². The Kier molecular flexibility index (Phi) is 3.47. The van der Waals surface area contributed by atoms with E-state index in [9.17, 15) is 4.79 Å². The van der Waals surface area contributed by atoms with Crippen LogP contribution in [0.4, 0.5) is 5.95 Å². The number of hydrogen-bond donors (Lipinski definition) is 3. The summed E-state index contributed by atoms with van der Waals surface area (Å²) in [6, 6.07) is 3.50. The minimum atomic E-state index is -0.130. The lowest BCUT2D eigenvalue weighted by Crippen LogP contribution is -2.23. The van der Waals surface area contributed by atoms with Crippen LogP contribution in [0.3, 0.4) is 0 Å². The van der Waals surface area contributed by atoms with Crippen LogP contribution in [0.5, 0.6) is 0 Å². The van der Waals surface area contributed by atoms with Gasteiger partial charge in [-0.3, -0.25) is 4.79 Å². The Morgan fingerprint density at radius 2 is 2.50 bits per heavy atom. The molecule has 0 aliphatic heterocycles. The van der Waals surface area contributed by atoms with Crippen molar-refractivity contribution in [1.82, 2.24) is 19.9 Å². The van der Waals surface area contributed by atoms with Gasteiger partial charge >= 0.3 is 0 Å². The van der Waals surface area contributed by atoms with Crippen LogP contribution in [0.15, 0.2) is 30.6 Å². The Bertz CT molecular complexity index is 553. The van der Waals surface area contributed by atoms with Gasteiger partial charge in [0.2, 0.25) is 0 Å². The fourth-order valence-corrected chi connectivity index (χ4v) is 1.49. The van der Waals surface area contributed by atoms with E-state index in [1.165, 1.54) is 0 Å². The number of amides is 1. The molecule has 2 aromatic rings. The minimum Gasteiger partial charge on any atom is -0.369 e. The van der Waals surface area contributed by atoms with Gasteiger partial charge in [-0.1, -0.05) is 6.08 Å². The number of rotatable bonds is 4. The first kappa shape index (κ1) is 12.0. The van der Waals surface area contributed by atoms with Crippen molar-refractivity contribution in [2.45, 2.75) is 0 Å². The third kappa shape index (κ3) is 2.60. The number of nitrogens with two attached hydrogens (primary N) is 1. The highest BCUT2D eigenvalue weighted by Gasteiger charge is 2.03. The molecule has 18 heavy (non-hydrogen) atoms. The topological polar surface area (TPSA) is 88.7 Å². The molecule has 0 fully saturated rings. The average Bonchev–Trinajstić information content (AvgIpc) is 2.99. The summed E-state index contributed by atoms with van der Waals surface area (Å²) in [7, 11) is 1.83. The normalized spacial score (nSPS) is 10.9. The van der Waals surface area contributed by atoms with Crippen molar-refractivity contribution in [1.29, 1.82) is 0 Å². The van der Waals surface area contributed by atoms with Gasteiger partial charge in [-0.2, -0.15) is 0 Å². The maximum Gasteiger partial charge on any atom is 0.267 e. The van der Waals surface area contributed by atoms with Crippen LogP contribution >= 0.6 is 0 Å². The van der Waals surface area contributed by atoms with E-state index in [4.69, 9.17) is 5.73 Å². The molecule has 0 spiro atoms. The summed E-state index contributed by atoms with van der Waals surface area (Å²) < 4.78 is 1.77. The maximum absolute atomic E-state index is 11.6. The summed E-state index contributed by atoms with van der Waals surface area (Å²) in [5.74, 6) is 0.333. The molecule has 2 heterocycles. The van der Waals surface area contributed by atoms with Gasteiger partial charge < -0.3 is 20.6 Å². The second-order valence-corrected chi connectivity index (χ2v) is 3.80. The van der Waals surface area contributed by atoms with Crippen molar-refractivity contribution >= 4 is 17.9 Å². The zero-order valence-corrected chi connectivity index (χ0v) is 10.1. The highest BCUT2D eigenvalue weighted by molar-refractivity contribution is 5.92. The second kappa shape index (κ2) is 5.22. The van der Waals surface area contributed by atoms with Crippen molar-refractivity contribution in [3.63, 3.8) is 0 Å². The van der Waals surface area contributed by atoms with E-state index >= 15 is 0 Å². The van der Waals surface area contributed by atoms with Gasteiger partial charge in [0, 0.05) is 19.8 Å². The lowest BCUT2D eigenvalue weighted by molar-refractivity contribution is 0.0953. The molecule has 1 amide bonds. The molecule has 0 aliphatic rings. The molecule has 0 aromatic carbocycles. The molecule has 0 radical (unpaired) electrons. The zero-order valence-electron chi connectivity index (χ0n) is 10.1. The van der Waals surface area contributed by atoms with Crippen LogP contribution in [0, 0.1) is 0 Å². The van der Waals surface area contributed by atoms with E-state index in [-0.39, 0.29) is 5.91 Å². The number of nitrogens with one attached hydrogen (secondary N) is 2. The third-order valence-corrected chi connectivity index (χ3v) is 2.57. The standard InChI is InChI=1S/C12H15N5O/c1-17-9(8-16-12(17)13)4-2-7-15-11(18)10-5-3-6-14-10/h2-6,8,14H,7H2,1H3,(H2,13,16)(H,15,18)/b4-2-. The number of aromatic amines is 1. The summed E-state index contributed by atoms with van der Waals surface area (Å²) in [6.07, 6.45) is 7.09. The number of nitrogens with zero attached hydrogens (tertiary/aromatic N) is 2. The molecule has 0 aliphatic carbocycles. The molecule has 0 bridgehead atoms. The lowest BCUT2D eigenvalue weighted by atomic mass is 10.3. The van der Waals surface area contributed by atoms with Crippen molar-refractivity contribution in [2.75, 3.05) is 12.3 Å². The van der Waals surface area contributed by atoms with Crippen LogP contribution < -0.4 is 11.1 Å². The number of anilines is 1. The number of carbonyl (C=O) groups excluding carboxylic acids is 1. The van der Waals surface area contributed by atoms with Crippen molar-refractivity contribution in [2.24, 2.45) is 7.05 Å². The largest absolute Gasteiger partial charge is 0.369 e. The molecule has 2 rings (SSSR count). The number of nitrogen functional groups attached to an aromatic ring is 1. The summed E-state index contributed by atoms with van der Waals surface area (Å²) >= 11 is 0. The SMILES string of the molecule is Cn1c(/C=C\CNC(=O)c2ccc[nH]2)cnc1N. The van der Waals surface area contributed by atoms with Crippen molar-refractivity contribution < 1.29 is 4.79 Å². The quantitative estimate of drug-likeness (QED) is 0.743. The molecule has 2 aromatic heterocycles. The molecule has 0 unspecified atom stereocenters. The van der Waals surface area contributed by atoms with Gasteiger partial charge in [0.05, 0.1) is 11.9 Å². The molecule has 94 valence electrons. The Hall–Kier alpha value is -2.50. The van der Waals surface area contributed by atoms with Gasteiger partial charge in [0.1, 0.15) is 5.69 Å². The highest BCUT2D eigenvalue weighted by atomic mass is 16.1. The summed E-state index contributed by atoms with van der Waals surface area (Å²) in [5.41, 5.74) is 7.04. The fraction of sp³-hybridized carbons (Fsp3) is 0.167. The first-order chi connectivity index (χ1) is 8.68. The summed E-state index contributed by atoms with van der Waals surface area (Å²) in [4.78, 5) is 18.4. The molecule has 0 saturated carbocycles. The summed E-state index contributed by atoms with van der Waals surface area (Å²) in [6.45, 7) is 0.447. The van der Waals surface area contributed by atoms with E-state index in [2.05, 4.69) is 15.3 Å². The molecule has 6 nitrogen and oxygen atoms in total. The van der Waals surface area contributed by atoms with E-state index in [1.807, 2.05) is 19.2 Å². The number of H-pyrrole nitrogens is 1. The molecule has 0 saturated heterocycles. The van der Waals surface area contributed by atoms with E-state index in [0.29, 0.717) is 18.2 Å². The van der Waals surface area contributed by atoms with Crippen molar-refractivity contribution in [3.05, 3.63) is 42.0 Å². The molecular formula is C12H15N5O. The third-order valence-electron chi connectivity index (χ3n) is 2.57. The highest BCUT2D eigenvalue weighted by Crippen LogP contribution is 2.05. The number of aromatic nitrogens is 3. The maximum atomic E-state index is 11.6. The average molecular weight is 245 g/mol. The van der Waals surface area contributed by atoms with E-state index in [0.717, 1.165) is 5.69 Å². The Morgan fingerprint density at radius 1 is 1.67 bits per heavy atom. The van der Waals surface area contributed by atoms with E-state index in [1.54, 1.807) is 29.1 Å². The predicted octanol–water partition coefficient (Wildman–Crippen LogP) is 0.774. The molecule has 4 N–H and O–H groups in total. The first-order valence-corrected chi connectivity index (χ1v) is 5.54. The number of hydrogen-bond acceptors (Lipinski definition) is 3. The van der Waals surface area contributed by atoms with Crippen LogP contribution in [0.25, 0.3) is 6.08 Å². The predicted molar refractivity (Wildman–Crippen MR) is 69.8 cm³/mol. The smallest absolute Gasteiger partial charge is 0.267 e. The fourth-order valence-electron chi connectivity index (χ4n) is 1.49. The van der Waals surface area contributed by atoms with Gasteiger partial charge in [-0.15, -0.1) is 0 Å². The molecule has 6 heteroatoms. The van der Waals surface area contributed by atoms with Crippen LogP contribution in [0.1, 0.15) is 16.2 Å². The Labute approximate surface area is 105 Å². The first-order valence-electron chi connectivity index (χ1n) is 5.54. The van der Waals surface area contributed by atoms with Gasteiger partial charge in [-0.25, -0.2) is 4.98 Å². The number of carbonyl (C=O) groups is 1. The minimum absolute atomic E-state index is 0.130. The molecular weight excluding hydrogens is 230 g/mol. The van der Waals surface area contributed by atoms with Crippen LogP contribution in [-0.4, -0.2) is 27.0 Å². The van der Waals surface area contributed by atoms with E-state index < -0.39 is 0 Å². The van der Waals surface area contributed by atoms with Gasteiger partial charge in [0.25, 0.3) is 5.91 Å². The second-order valence-electron chi connectivity index (χ2n) is 3.80. The van der Waals surface area contributed by atoms with Gasteiger partial charge in [0.15, 0.2) is 5.95 Å². The summed E-state index contributed by atoms with van der Waals surface area (Å²) in [5, 5.41) is 2.76. The number of imidazole rings is 1. The van der Waals surface area contributed by atoms with Crippen LogP contribution in [0.2, 0.25) is 0 Å².